The zero-order valence-electron chi connectivity index (χ0n) is 7.91. The van der Waals surface area contributed by atoms with Crippen LogP contribution < -0.4 is 5.32 Å². The minimum absolute atomic E-state index is 0.0363. The van der Waals surface area contributed by atoms with Gasteiger partial charge in [0.05, 0.1) is 0 Å². The van der Waals surface area contributed by atoms with Gasteiger partial charge in [-0.25, -0.2) is 9.59 Å². The molecular weight excluding hydrogens is 214 g/mol. The molecule has 0 aliphatic carbocycles. The Morgan fingerprint density at radius 2 is 1.93 bits per heavy atom. The van der Waals surface area contributed by atoms with Crippen molar-refractivity contribution in [3.8, 4) is 0 Å². The molecule has 6 nitrogen and oxygen atoms in total. The smallest absolute Gasteiger partial charge is 0.446 e. The van der Waals surface area contributed by atoms with E-state index in [0.29, 0.717) is 0 Å². The third kappa shape index (κ3) is 7.48. The predicted octanol–water partition coefficient (Wildman–Crippen LogP) is 1.08. The molecule has 82 valence electrons. The Morgan fingerprint density at radius 1 is 1.36 bits per heavy atom. The van der Waals surface area contributed by atoms with Crippen LogP contribution in [0.5, 0.6) is 0 Å². The van der Waals surface area contributed by atoms with E-state index in [1.54, 1.807) is 0 Å². The number of halogens is 1. The molecule has 0 heterocycles. The molecule has 0 rings (SSSR count). The molecular formula is C7H12ClNO5. The molecule has 1 N–H and O–H groups in total. The van der Waals surface area contributed by atoms with Crippen molar-refractivity contribution >= 4 is 23.8 Å². The summed E-state index contributed by atoms with van der Waals surface area (Å²) in [5.41, 5.74) is -0.748. The second kappa shape index (κ2) is 7.25. The van der Waals surface area contributed by atoms with E-state index in [4.69, 9.17) is 11.6 Å². The number of amides is 1. The lowest BCUT2D eigenvalue weighted by Crippen LogP contribution is -2.22. The maximum Gasteiger partial charge on any atom is 0.509 e. The molecule has 0 aromatic carbocycles. The number of carbonyl (C=O) groups excluding carboxylic acids is 2. The molecule has 0 saturated carbocycles. The number of rotatable bonds is 4. The summed E-state index contributed by atoms with van der Waals surface area (Å²) < 4.78 is 13.5. The van der Waals surface area contributed by atoms with Crippen LogP contribution in [0, 0.1) is 0 Å². The molecule has 0 aliphatic rings. The van der Waals surface area contributed by atoms with Crippen molar-refractivity contribution in [1.29, 1.82) is 0 Å². The van der Waals surface area contributed by atoms with E-state index in [0.717, 1.165) is 0 Å². The van der Waals surface area contributed by atoms with E-state index in [9.17, 15) is 9.59 Å². The Hall–Kier alpha value is -1.17. The number of alkyl halides is 1. The summed E-state index contributed by atoms with van der Waals surface area (Å²) in [6.07, 6.45) is -1.49. The van der Waals surface area contributed by atoms with E-state index in [-0.39, 0.29) is 13.2 Å². The number of carbonyl (C=O) groups is 2. The predicted molar refractivity (Wildman–Crippen MR) is 48.2 cm³/mol. The van der Waals surface area contributed by atoms with Crippen LogP contribution in [0.15, 0.2) is 0 Å². The van der Waals surface area contributed by atoms with E-state index >= 15 is 0 Å². The van der Waals surface area contributed by atoms with Gasteiger partial charge in [-0.1, -0.05) is 11.6 Å². The van der Waals surface area contributed by atoms with E-state index in [2.05, 4.69) is 19.5 Å². The maximum atomic E-state index is 10.7. The third-order valence-corrected chi connectivity index (χ3v) is 1.09. The van der Waals surface area contributed by atoms with Gasteiger partial charge in [-0.05, 0) is 6.92 Å². The lowest BCUT2D eigenvalue weighted by Gasteiger charge is -2.07. The van der Waals surface area contributed by atoms with Gasteiger partial charge < -0.3 is 19.5 Å². The van der Waals surface area contributed by atoms with Crippen LogP contribution in [-0.4, -0.2) is 38.1 Å². The first-order valence-corrected chi connectivity index (χ1v) is 4.32. The van der Waals surface area contributed by atoms with Crippen molar-refractivity contribution in [3.05, 3.63) is 0 Å². The molecule has 1 amide bonds. The van der Waals surface area contributed by atoms with Crippen LogP contribution in [-0.2, 0) is 14.2 Å². The van der Waals surface area contributed by atoms with Gasteiger partial charge in [0, 0.05) is 7.05 Å². The minimum atomic E-state index is -0.895. The van der Waals surface area contributed by atoms with Gasteiger partial charge in [-0.3, -0.25) is 0 Å². The van der Waals surface area contributed by atoms with E-state index < -0.39 is 17.8 Å². The first-order chi connectivity index (χ1) is 6.56. The molecule has 0 radical (unpaired) electrons. The average Bonchev–Trinajstić information content (AvgIpc) is 2.10. The molecule has 0 aromatic rings. The van der Waals surface area contributed by atoms with Crippen molar-refractivity contribution in [1.82, 2.24) is 5.32 Å². The molecule has 7 heteroatoms. The van der Waals surface area contributed by atoms with Crippen LogP contribution in [0.4, 0.5) is 9.59 Å². The van der Waals surface area contributed by atoms with Crippen molar-refractivity contribution in [2.45, 2.75) is 12.5 Å². The molecule has 0 bridgehead atoms. The normalized spacial score (nSPS) is 11.4. The molecule has 1 atom stereocenters. The highest BCUT2D eigenvalue weighted by atomic mass is 35.5. The number of hydrogen-bond donors (Lipinski definition) is 1. The molecule has 1 unspecified atom stereocenters. The molecule has 14 heavy (non-hydrogen) atoms. The Labute approximate surface area is 86.4 Å². The fourth-order valence-electron chi connectivity index (χ4n) is 0.498. The second-order valence-electron chi connectivity index (χ2n) is 2.15. The number of ether oxygens (including phenoxy) is 3. The van der Waals surface area contributed by atoms with E-state index in [1.807, 2.05) is 0 Å². The lowest BCUT2D eigenvalue weighted by atomic mass is 10.8. The Bertz CT molecular complexity index is 197. The van der Waals surface area contributed by atoms with Crippen molar-refractivity contribution in [2.75, 3.05) is 20.3 Å². The number of hydrogen-bond acceptors (Lipinski definition) is 5. The van der Waals surface area contributed by atoms with Crippen LogP contribution in [0.1, 0.15) is 6.92 Å². The van der Waals surface area contributed by atoms with Gasteiger partial charge >= 0.3 is 12.2 Å². The van der Waals surface area contributed by atoms with Gasteiger partial charge in [-0.2, -0.15) is 0 Å². The standard InChI is InChI=1S/C7H12ClNO5/c1-5(8)14-7(11)13-4-3-12-6(10)9-2/h5H,3-4H2,1-2H3,(H,9,10). The van der Waals surface area contributed by atoms with E-state index in [1.165, 1.54) is 14.0 Å². The highest BCUT2D eigenvalue weighted by Crippen LogP contribution is 1.97. The molecule has 0 spiro atoms. The fraction of sp³-hybridized carbons (Fsp3) is 0.714. The Balaban J connectivity index is 3.36. The van der Waals surface area contributed by atoms with Crippen LogP contribution >= 0.6 is 11.6 Å². The highest BCUT2D eigenvalue weighted by molar-refractivity contribution is 6.19. The zero-order valence-corrected chi connectivity index (χ0v) is 8.67. The first kappa shape index (κ1) is 12.8. The molecule has 0 fully saturated rings. The maximum absolute atomic E-state index is 10.7. The summed E-state index contributed by atoms with van der Waals surface area (Å²) >= 11 is 5.34. The topological polar surface area (TPSA) is 73.9 Å². The van der Waals surface area contributed by atoms with Crippen molar-refractivity contribution in [2.24, 2.45) is 0 Å². The van der Waals surface area contributed by atoms with Gasteiger partial charge in [0.25, 0.3) is 0 Å². The summed E-state index contributed by atoms with van der Waals surface area (Å²) in [5.74, 6) is 0. The summed E-state index contributed by atoms with van der Waals surface area (Å²) in [6.45, 7) is 1.37. The van der Waals surface area contributed by atoms with Gasteiger partial charge in [0.15, 0.2) is 5.56 Å². The Morgan fingerprint density at radius 3 is 2.43 bits per heavy atom. The number of alkyl carbamates (subject to hydrolysis) is 1. The quantitative estimate of drug-likeness (QED) is 0.440. The SMILES string of the molecule is CNC(=O)OCCOC(=O)OC(C)Cl. The lowest BCUT2D eigenvalue weighted by molar-refractivity contribution is 0.0345. The summed E-state index contributed by atoms with van der Waals surface area (Å²) in [6, 6.07) is 0. The minimum Gasteiger partial charge on any atom is -0.446 e. The van der Waals surface area contributed by atoms with Crippen LogP contribution in [0.2, 0.25) is 0 Å². The zero-order chi connectivity index (χ0) is 11.0. The van der Waals surface area contributed by atoms with Crippen molar-refractivity contribution in [3.63, 3.8) is 0 Å². The van der Waals surface area contributed by atoms with Gasteiger partial charge in [0.2, 0.25) is 0 Å². The van der Waals surface area contributed by atoms with Gasteiger partial charge in [0.1, 0.15) is 13.2 Å². The monoisotopic (exact) mass is 225 g/mol. The summed E-state index contributed by atoms with van der Waals surface area (Å²) in [4.78, 5) is 21.2. The van der Waals surface area contributed by atoms with Crippen LogP contribution in [0.3, 0.4) is 0 Å². The number of nitrogens with one attached hydrogen (secondary N) is 1. The summed E-state index contributed by atoms with van der Waals surface area (Å²) in [5, 5.41) is 2.23. The highest BCUT2D eigenvalue weighted by Gasteiger charge is 2.07. The fourth-order valence-corrected chi connectivity index (χ4v) is 0.571. The average molecular weight is 226 g/mol. The largest absolute Gasteiger partial charge is 0.509 e. The molecule has 0 saturated heterocycles. The first-order valence-electron chi connectivity index (χ1n) is 3.88. The summed E-state index contributed by atoms with van der Waals surface area (Å²) in [7, 11) is 1.42. The third-order valence-electron chi connectivity index (χ3n) is 0.999. The van der Waals surface area contributed by atoms with Gasteiger partial charge in [-0.15, -0.1) is 0 Å². The van der Waals surface area contributed by atoms with Crippen LogP contribution in [0.25, 0.3) is 0 Å². The Kier molecular flexibility index (Phi) is 6.65. The van der Waals surface area contributed by atoms with Crippen molar-refractivity contribution < 1.29 is 23.8 Å². The molecule has 0 aliphatic heterocycles. The molecule has 0 aromatic heterocycles. The second-order valence-corrected chi connectivity index (χ2v) is 2.76.